The van der Waals surface area contributed by atoms with Gasteiger partial charge in [0.2, 0.25) is 0 Å². The van der Waals surface area contributed by atoms with Gasteiger partial charge in [-0.3, -0.25) is 0 Å². The second-order valence-corrected chi connectivity index (χ2v) is 4.73. The van der Waals surface area contributed by atoms with Gasteiger partial charge in [-0.15, -0.1) is 25.3 Å². The van der Waals surface area contributed by atoms with Gasteiger partial charge in [0.1, 0.15) is 0 Å². The average Bonchev–Trinajstić information content (AvgIpc) is 1.85. The molecule has 0 saturated carbocycles. The van der Waals surface area contributed by atoms with E-state index in [0.717, 1.165) is 34.2 Å². The Labute approximate surface area is 84.3 Å². The third-order valence-corrected chi connectivity index (χ3v) is 2.50. The Hall–Kier alpha value is 0.530. The van der Waals surface area contributed by atoms with Crippen LogP contribution in [0.1, 0.15) is 12.8 Å². The predicted molar refractivity (Wildman–Crippen MR) is 62.8 cm³/mol. The minimum Gasteiger partial charge on any atom is -0.161 e. The Balaban J connectivity index is 3.03. The highest BCUT2D eigenvalue weighted by molar-refractivity contribution is 7.99. The Morgan fingerprint density at radius 2 is 1.36 bits per heavy atom. The number of thiol groups is 2. The van der Waals surface area contributed by atoms with E-state index in [4.69, 9.17) is 0 Å². The lowest BCUT2D eigenvalue weighted by Crippen LogP contribution is -1.83. The second kappa shape index (κ2) is 7.19. The number of thioether (sulfide) groups is 1. The lowest BCUT2D eigenvalue weighted by Gasteiger charge is -1.99. The fourth-order valence-corrected chi connectivity index (χ4v) is 1.99. The fourth-order valence-electron chi connectivity index (χ4n) is 0.482. The molecule has 0 saturated heterocycles. The smallest absolute Gasteiger partial charge is 0.00221 e. The van der Waals surface area contributed by atoms with Crippen molar-refractivity contribution in [1.29, 1.82) is 0 Å². The maximum absolute atomic E-state index is 4.10. The molecule has 0 aromatic rings. The molecule has 0 aromatic carbocycles. The quantitative estimate of drug-likeness (QED) is 0.496. The van der Waals surface area contributed by atoms with E-state index in [0.29, 0.717) is 0 Å². The molecule has 0 nitrogen and oxygen atoms in total. The van der Waals surface area contributed by atoms with E-state index >= 15 is 0 Å². The molecule has 0 unspecified atom stereocenters. The van der Waals surface area contributed by atoms with E-state index in [-0.39, 0.29) is 0 Å². The standard InChI is InChI=1S/C8H14S3/c1-7(9)3-5-11-6-4-8(2)10/h9-10H,1-6H2. The number of rotatable bonds is 6. The summed E-state index contributed by atoms with van der Waals surface area (Å²) in [7, 11) is 0. The van der Waals surface area contributed by atoms with Crippen LogP contribution >= 0.6 is 37.0 Å². The summed E-state index contributed by atoms with van der Waals surface area (Å²) >= 11 is 10.1. The highest BCUT2D eigenvalue weighted by Gasteiger charge is 1.91. The molecule has 0 heterocycles. The van der Waals surface area contributed by atoms with Gasteiger partial charge in [0, 0.05) is 0 Å². The van der Waals surface area contributed by atoms with Crippen molar-refractivity contribution in [2.45, 2.75) is 12.8 Å². The molecule has 3 heteroatoms. The summed E-state index contributed by atoms with van der Waals surface area (Å²) in [6.07, 6.45) is 1.99. The monoisotopic (exact) mass is 206 g/mol. The Morgan fingerprint density at radius 1 is 1.00 bits per heavy atom. The van der Waals surface area contributed by atoms with E-state index in [1.807, 2.05) is 11.8 Å². The van der Waals surface area contributed by atoms with Crippen LogP contribution in [0.2, 0.25) is 0 Å². The molecule has 0 atom stereocenters. The minimum absolute atomic E-state index is 0.960. The van der Waals surface area contributed by atoms with Gasteiger partial charge >= 0.3 is 0 Å². The van der Waals surface area contributed by atoms with E-state index in [1.54, 1.807) is 0 Å². The zero-order valence-corrected chi connectivity index (χ0v) is 9.15. The zero-order chi connectivity index (χ0) is 8.69. The molecule has 0 rings (SSSR count). The van der Waals surface area contributed by atoms with Crippen molar-refractivity contribution in [3.8, 4) is 0 Å². The van der Waals surface area contributed by atoms with Crippen LogP contribution in [-0.4, -0.2) is 11.5 Å². The number of allylic oxidation sites excluding steroid dienone is 2. The number of hydrogen-bond donors (Lipinski definition) is 2. The van der Waals surface area contributed by atoms with E-state index < -0.39 is 0 Å². The van der Waals surface area contributed by atoms with Crippen LogP contribution in [0.5, 0.6) is 0 Å². The SMILES string of the molecule is C=C(S)CCSCCC(=C)S. The molecule has 0 spiro atoms. The Bertz CT molecular complexity index is 124. The maximum atomic E-state index is 4.10. The van der Waals surface area contributed by atoms with Crippen molar-refractivity contribution in [3.05, 3.63) is 23.0 Å². The zero-order valence-electron chi connectivity index (χ0n) is 6.55. The normalized spacial score (nSPS) is 9.64. The maximum Gasteiger partial charge on any atom is -0.00221 e. The highest BCUT2D eigenvalue weighted by Crippen LogP contribution is 2.13. The van der Waals surface area contributed by atoms with Crippen LogP contribution in [0.4, 0.5) is 0 Å². The third-order valence-electron chi connectivity index (χ3n) is 1.07. The molecule has 0 aliphatic carbocycles. The summed E-state index contributed by atoms with van der Waals surface area (Å²) in [6, 6.07) is 0. The van der Waals surface area contributed by atoms with E-state index in [1.165, 1.54) is 0 Å². The van der Waals surface area contributed by atoms with Crippen molar-refractivity contribution in [1.82, 2.24) is 0 Å². The molecule has 64 valence electrons. The van der Waals surface area contributed by atoms with Gasteiger partial charge in [-0.25, -0.2) is 0 Å². The first kappa shape index (κ1) is 11.5. The van der Waals surface area contributed by atoms with Crippen LogP contribution in [0.3, 0.4) is 0 Å². The average molecular weight is 206 g/mol. The third kappa shape index (κ3) is 10.5. The first-order valence-electron chi connectivity index (χ1n) is 3.44. The summed E-state index contributed by atoms with van der Waals surface area (Å²) in [6.45, 7) is 7.41. The summed E-state index contributed by atoms with van der Waals surface area (Å²) in [5, 5.41) is 0. The van der Waals surface area contributed by atoms with Crippen LogP contribution in [0, 0.1) is 0 Å². The first-order chi connectivity index (χ1) is 5.13. The minimum atomic E-state index is 0.960. The summed E-state index contributed by atoms with van der Waals surface area (Å²) in [4.78, 5) is 1.92. The van der Waals surface area contributed by atoms with Crippen molar-refractivity contribution in [2.24, 2.45) is 0 Å². The van der Waals surface area contributed by atoms with Gasteiger partial charge in [-0.2, -0.15) is 11.8 Å². The summed E-state index contributed by atoms with van der Waals surface area (Å²) < 4.78 is 0. The summed E-state index contributed by atoms with van der Waals surface area (Å²) in [5.74, 6) is 2.20. The molecule has 0 radical (unpaired) electrons. The molecule has 0 fully saturated rings. The van der Waals surface area contributed by atoms with Gasteiger partial charge in [0.25, 0.3) is 0 Å². The fraction of sp³-hybridized carbons (Fsp3) is 0.500. The van der Waals surface area contributed by atoms with Crippen molar-refractivity contribution in [3.63, 3.8) is 0 Å². The summed E-state index contributed by atoms with van der Waals surface area (Å²) in [5.41, 5.74) is 0. The second-order valence-electron chi connectivity index (χ2n) is 2.24. The molecule has 0 bridgehead atoms. The topological polar surface area (TPSA) is 0 Å². The van der Waals surface area contributed by atoms with Gasteiger partial charge in [-0.1, -0.05) is 13.2 Å². The predicted octanol–water partition coefficient (Wildman–Crippen LogP) is 3.39. The van der Waals surface area contributed by atoms with Crippen molar-refractivity contribution >= 4 is 37.0 Å². The molecular formula is C8H14S3. The lowest BCUT2D eigenvalue weighted by molar-refractivity contribution is 1.19. The van der Waals surface area contributed by atoms with Crippen molar-refractivity contribution < 1.29 is 0 Å². The van der Waals surface area contributed by atoms with Crippen LogP contribution in [-0.2, 0) is 0 Å². The van der Waals surface area contributed by atoms with Gasteiger partial charge in [-0.05, 0) is 34.2 Å². The van der Waals surface area contributed by atoms with Gasteiger partial charge in [0.05, 0.1) is 0 Å². The van der Waals surface area contributed by atoms with Crippen LogP contribution in [0.15, 0.2) is 23.0 Å². The molecule has 0 aliphatic heterocycles. The Kier molecular flexibility index (Phi) is 7.54. The molecule has 11 heavy (non-hydrogen) atoms. The van der Waals surface area contributed by atoms with Crippen LogP contribution in [0.25, 0.3) is 0 Å². The van der Waals surface area contributed by atoms with E-state index in [2.05, 4.69) is 38.4 Å². The molecule has 0 aliphatic rings. The Morgan fingerprint density at radius 3 is 1.64 bits per heavy atom. The molecule has 0 amide bonds. The van der Waals surface area contributed by atoms with E-state index in [9.17, 15) is 0 Å². The number of hydrogen-bond acceptors (Lipinski definition) is 3. The van der Waals surface area contributed by atoms with Gasteiger partial charge < -0.3 is 0 Å². The van der Waals surface area contributed by atoms with Crippen molar-refractivity contribution in [2.75, 3.05) is 11.5 Å². The highest BCUT2D eigenvalue weighted by atomic mass is 32.2. The molecule has 0 N–H and O–H groups in total. The molecule has 0 aromatic heterocycles. The van der Waals surface area contributed by atoms with Crippen LogP contribution < -0.4 is 0 Å². The largest absolute Gasteiger partial charge is 0.161 e. The lowest BCUT2D eigenvalue weighted by atomic mass is 10.5. The molecular weight excluding hydrogens is 192 g/mol. The first-order valence-corrected chi connectivity index (χ1v) is 5.49. The van der Waals surface area contributed by atoms with Gasteiger partial charge in [0.15, 0.2) is 0 Å².